The van der Waals surface area contributed by atoms with Crippen LogP contribution in [0.3, 0.4) is 0 Å². The maximum atomic E-state index is 11.7. The number of rotatable bonds is 6. The van der Waals surface area contributed by atoms with Crippen LogP contribution in [-0.2, 0) is 16.1 Å². The van der Waals surface area contributed by atoms with Crippen molar-refractivity contribution >= 4 is 17.2 Å². The quantitative estimate of drug-likeness (QED) is 0.790. The Balaban J connectivity index is 1.69. The highest BCUT2D eigenvalue weighted by Crippen LogP contribution is 2.16. The molecule has 1 amide bonds. The number of carbonyl (C=O) groups is 1. The van der Waals surface area contributed by atoms with Crippen LogP contribution in [0.25, 0.3) is 0 Å². The number of aryl methyl sites for hydroxylation is 1. The van der Waals surface area contributed by atoms with E-state index in [1.807, 2.05) is 12.3 Å². The van der Waals surface area contributed by atoms with Crippen LogP contribution in [0.15, 0.2) is 10.2 Å². The summed E-state index contributed by atoms with van der Waals surface area (Å²) >= 11 is 1.18. The third kappa shape index (κ3) is 3.91. The van der Waals surface area contributed by atoms with Gasteiger partial charge in [-0.1, -0.05) is 11.3 Å². The van der Waals surface area contributed by atoms with Gasteiger partial charge in [0.2, 0.25) is 5.91 Å². The molecule has 1 atom stereocenters. The van der Waals surface area contributed by atoms with E-state index in [1.165, 1.54) is 11.3 Å². The molecule has 0 aromatic carbocycles. The summed E-state index contributed by atoms with van der Waals surface area (Å²) in [7, 11) is 0. The van der Waals surface area contributed by atoms with Crippen molar-refractivity contribution in [2.75, 3.05) is 19.8 Å². The summed E-state index contributed by atoms with van der Waals surface area (Å²) in [4.78, 5) is 23.2. The lowest BCUT2D eigenvalue weighted by molar-refractivity contribution is -0.122. The molecule has 20 heavy (non-hydrogen) atoms. The predicted octanol–water partition coefficient (Wildman–Crippen LogP) is 0.266. The molecule has 0 spiro atoms. The molecule has 112 valence electrons. The molecular formula is C13H20N2O4S. The monoisotopic (exact) mass is 300 g/mol. The molecule has 1 unspecified atom stereocenters. The number of aliphatic hydroxyl groups is 1. The van der Waals surface area contributed by atoms with E-state index in [0.29, 0.717) is 32.4 Å². The van der Waals surface area contributed by atoms with Crippen LogP contribution in [0, 0.1) is 6.92 Å². The van der Waals surface area contributed by atoms with Crippen LogP contribution in [0.5, 0.6) is 0 Å². The zero-order chi connectivity index (χ0) is 14.6. The number of nitrogens with zero attached hydrogens (tertiary/aromatic N) is 1. The van der Waals surface area contributed by atoms with Gasteiger partial charge in [-0.25, -0.2) is 0 Å². The van der Waals surface area contributed by atoms with Crippen LogP contribution in [0.1, 0.15) is 25.0 Å². The lowest BCUT2D eigenvalue weighted by atomic mass is 10.0. The Morgan fingerprint density at radius 3 is 3.05 bits per heavy atom. The number of hydrogen-bond donors (Lipinski definition) is 2. The number of thiazole rings is 1. The van der Waals surface area contributed by atoms with Crippen molar-refractivity contribution in [3.8, 4) is 0 Å². The van der Waals surface area contributed by atoms with Gasteiger partial charge in [-0.05, 0) is 13.3 Å². The van der Waals surface area contributed by atoms with Crippen LogP contribution < -0.4 is 10.2 Å². The van der Waals surface area contributed by atoms with Gasteiger partial charge in [0.15, 0.2) is 0 Å². The second kappa shape index (κ2) is 6.51. The second-order valence-corrected chi connectivity index (χ2v) is 6.02. The summed E-state index contributed by atoms with van der Waals surface area (Å²) in [5.74, 6) is -0.105. The van der Waals surface area contributed by atoms with Gasteiger partial charge in [-0.3, -0.25) is 9.59 Å². The molecule has 1 aromatic heterocycles. The lowest BCUT2D eigenvalue weighted by Gasteiger charge is -2.20. The summed E-state index contributed by atoms with van der Waals surface area (Å²) < 4.78 is 6.79. The van der Waals surface area contributed by atoms with Gasteiger partial charge < -0.3 is 19.7 Å². The Kier molecular flexibility index (Phi) is 4.95. The van der Waals surface area contributed by atoms with Gasteiger partial charge >= 0.3 is 4.87 Å². The number of carbonyl (C=O) groups excluding carboxylic acids is 1. The van der Waals surface area contributed by atoms with Crippen LogP contribution in [0.2, 0.25) is 0 Å². The average Bonchev–Trinajstić information content (AvgIpc) is 2.97. The van der Waals surface area contributed by atoms with Gasteiger partial charge in [0.25, 0.3) is 0 Å². The van der Waals surface area contributed by atoms with Crippen molar-refractivity contribution in [2.24, 2.45) is 0 Å². The molecule has 6 nitrogen and oxygen atoms in total. The van der Waals surface area contributed by atoms with Crippen LogP contribution in [0.4, 0.5) is 0 Å². The first-order valence-electron chi connectivity index (χ1n) is 6.72. The van der Waals surface area contributed by atoms with Crippen molar-refractivity contribution in [2.45, 2.75) is 38.3 Å². The van der Waals surface area contributed by atoms with Gasteiger partial charge in [-0.15, -0.1) is 0 Å². The van der Waals surface area contributed by atoms with Crippen LogP contribution in [-0.4, -0.2) is 40.9 Å². The van der Waals surface area contributed by atoms with Gasteiger partial charge in [0.05, 0.1) is 6.61 Å². The predicted molar refractivity (Wildman–Crippen MR) is 75.9 cm³/mol. The fourth-order valence-electron chi connectivity index (χ4n) is 2.16. The number of aromatic nitrogens is 1. The standard InChI is InChI=1S/C13H20N2O4S/c1-10-7-20-12(17)15(10)5-2-3-11(16)14-8-13(18)4-6-19-9-13/h7,18H,2-6,8-9H2,1H3,(H,14,16). The summed E-state index contributed by atoms with van der Waals surface area (Å²) in [6.45, 7) is 3.47. The molecule has 2 rings (SSSR count). The number of amides is 1. The molecular weight excluding hydrogens is 280 g/mol. The molecule has 1 saturated heterocycles. The Labute approximate surface area is 121 Å². The molecule has 0 bridgehead atoms. The zero-order valence-corrected chi connectivity index (χ0v) is 12.4. The third-order valence-corrected chi connectivity index (χ3v) is 4.34. The molecule has 0 saturated carbocycles. The van der Waals surface area contributed by atoms with E-state index >= 15 is 0 Å². The van der Waals surface area contributed by atoms with E-state index in [-0.39, 0.29) is 23.9 Å². The van der Waals surface area contributed by atoms with Crippen molar-refractivity contribution < 1.29 is 14.6 Å². The first-order valence-corrected chi connectivity index (χ1v) is 7.60. The highest BCUT2D eigenvalue weighted by molar-refractivity contribution is 7.07. The van der Waals surface area contributed by atoms with E-state index in [9.17, 15) is 14.7 Å². The first kappa shape index (κ1) is 15.2. The Morgan fingerprint density at radius 2 is 2.45 bits per heavy atom. The lowest BCUT2D eigenvalue weighted by Crippen LogP contribution is -2.43. The van der Waals surface area contributed by atoms with E-state index in [0.717, 1.165) is 5.69 Å². The first-order chi connectivity index (χ1) is 9.50. The molecule has 1 fully saturated rings. The minimum Gasteiger partial charge on any atom is -0.386 e. The van der Waals surface area contributed by atoms with E-state index in [4.69, 9.17) is 4.74 Å². The summed E-state index contributed by atoms with van der Waals surface area (Å²) in [5, 5.41) is 14.5. The van der Waals surface area contributed by atoms with E-state index in [1.54, 1.807) is 4.57 Å². The summed E-state index contributed by atoms with van der Waals surface area (Å²) in [6, 6.07) is 0. The van der Waals surface area contributed by atoms with Crippen molar-refractivity contribution in [1.29, 1.82) is 0 Å². The van der Waals surface area contributed by atoms with Gasteiger partial charge in [-0.2, -0.15) is 0 Å². The smallest absolute Gasteiger partial charge is 0.307 e. The summed E-state index contributed by atoms with van der Waals surface area (Å²) in [6.07, 6.45) is 1.51. The number of hydrogen-bond acceptors (Lipinski definition) is 5. The highest BCUT2D eigenvalue weighted by atomic mass is 32.1. The number of nitrogens with one attached hydrogen (secondary N) is 1. The van der Waals surface area contributed by atoms with Gasteiger partial charge in [0.1, 0.15) is 5.60 Å². The molecule has 0 radical (unpaired) electrons. The SMILES string of the molecule is Cc1csc(=O)n1CCCC(=O)NCC1(O)CCOC1. The normalized spacial score (nSPS) is 22.1. The van der Waals surface area contributed by atoms with Crippen LogP contribution >= 0.6 is 11.3 Å². The maximum Gasteiger partial charge on any atom is 0.307 e. The molecule has 2 heterocycles. The van der Waals surface area contributed by atoms with E-state index < -0.39 is 5.60 Å². The molecule has 1 aliphatic heterocycles. The van der Waals surface area contributed by atoms with E-state index in [2.05, 4.69) is 5.32 Å². The van der Waals surface area contributed by atoms with Crippen molar-refractivity contribution in [3.63, 3.8) is 0 Å². The third-order valence-electron chi connectivity index (χ3n) is 3.46. The highest BCUT2D eigenvalue weighted by Gasteiger charge is 2.32. The average molecular weight is 300 g/mol. The van der Waals surface area contributed by atoms with Crippen molar-refractivity contribution in [1.82, 2.24) is 9.88 Å². The zero-order valence-electron chi connectivity index (χ0n) is 11.6. The maximum absolute atomic E-state index is 11.7. The molecule has 1 aromatic rings. The Bertz CT molecular complexity index is 517. The minimum absolute atomic E-state index is 0.0142. The number of ether oxygens (including phenoxy) is 1. The molecule has 1 aliphatic rings. The largest absolute Gasteiger partial charge is 0.386 e. The fourth-order valence-corrected chi connectivity index (χ4v) is 2.92. The molecule has 0 aliphatic carbocycles. The fraction of sp³-hybridized carbons (Fsp3) is 0.692. The molecule has 7 heteroatoms. The molecule has 2 N–H and O–H groups in total. The topological polar surface area (TPSA) is 80.6 Å². The Hall–Kier alpha value is -1.18. The summed E-state index contributed by atoms with van der Waals surface area (Å²) in [5.41, 5.74) is 0.00845. The van der Waals surface area contributed by atoms with Crippen molar-refractivity contribution in [3.05, 3.63) is 20.7 Å². The van der Waals surface area contributed by atoms with Gasteiger partial charge in [0, 0.05) is 43.6 Å². The Morgan fingerprint density at radius 1 is 1.65 bits per heavy atom. The minimum atomic E-state index is -0.920. The second-order valence-electron chi connectivity index (χ2n) is 5.20.